The number of cyclic esters (lactones) is 1. The zero-order valence-corrected chi connectivity index (χ0v) is 15.8. The van der Waals surface area contributed by atoms with Gasteiger partial charge in [0.15, 0.2) is 0 Å². The Morgan fingerprint density at radius 3 is 2.67 bits per heavy atom. The van der Waals surface area contributed by atoms with Gasteiger partial charge in [-0.15, -0.1) is 0 Å². The van der Waals surface area contributed by atoms with E-state index in [2.05, 4.69) is 5.32 Å². The summed E-state index contributed by atoms with van der Waals surface area (Å²) in [6.45, 7) is 2.82. The molecule has 3 rings (SSSR count). The summed E-state index contributed by atoms with van der Waals surface area (Å²) in [5, 5.41) is 2.67. The fraction of sp³-hybridized carbons (Fsp3) is 0.526. The lowest BCUT2D eigenvalue weighted by Crippen LogP contribution is -2.33. The van der Waals surface area contributed by atoms with E-state index in [0.29, 0.717) is 31.5 Å². The molecular weight excluding hydrogens is 350 g/mol. The van der Waals surface area contributed by atoms with Crippen LogP contribution in [0.15, 0.2) is 24.3 Å². The second-order valence-electron chi connectivity index (χ2n) is 7.10. The highest BCUT2D eigenvalue weighted by Gasteiger charge is 2.40. The van der Waals surface area contributed by atoms with Crippen molar-refractivity contribution in [1.29, 1.82) is 0 Å². The number of ether oxygens (including phenoxy) is 2. The molecule has 2 aliphatic rings. The van der Waals surface area contributed by atoms with Gasteiger partial charge in [-0.05, 0) is 36.0 Å². The Kier molecular flexibility index (Phi) is 5.53. The molecule has 1 saturated carbocycles. The first-order valence-electron chi connectivity index (χ1n) is 9.00. The molecule has 0 aromatic heterocycles. The first kappa shape index (κ1) is 19.0. The van der Waals surface area contributed by atoms with Crippen LogP contribution in [0.4, 0.5) is 15.3 Å². The molecule has 3 amide bonds. The minimum Gasteiger partial charge on any atom is -0.453 e. The standard InChI is InChI=1S/C19H25N3O5/c1-12(23)20-9-16-11-22(19(25)27-16)15-6-4-13(5-7-15)17-8-14(17)10-21(2)18(24)26-3/h4-7,14,16-17H,8-11H2,1-3H3,(H,20,23)/t14-,16+,17-/m1/s1. The Hall–Kier alpha value is -2.77. The van der Waals surface area contributed by atoms with Gasteiger partial charge in [0.1, 0.15) is 6.10 Å². The molecule has 1 saturated heterocycles. The number of anilines is 1. The monoisotopic (exact) mass is 375 g/mol. The SMILES string of the molecule is COC(=O)N(C)C[C@H]1C[C@@H]1c1ccc(N2C[C@H](CNC(C)=O)OC2=O)cc1. The lowest BCUT2D eigenvalue weighted by molar-refractivity contribution is -0.119. The zero-order valence-electron chi connectivity index (χ0n) is 15.8. The molecule has 0 bridgehead atoms. The molecule has 1 heterocycles. The molecule has 8 nitrogen and oxygen atoms in total. The van der Waals surface area contributed by atoms with Gasteiger partial charge in [0, 0.05) is 26.2 Å². The number of rotatable bonds is 6. The Morgan fingerprint density at radius 2 is 2.04 bits per heavy atom. The van der Waals surface area contributed by atoms with Crippen LogP contribution < -0.4 is 10.2 Å². The van der Waals surface area contributed by atoms with Crippen molar-refractivity contribution in [2.24, 2.45) is 5.92 Å². The van der Waals surface area contributed by atoms with Crippen LogP contribution in [0.3, 0.4) is 0 Å². The smallest absolute Gasteiger partial charge is 0.414 e. The van der Waals surface area contributed by atoms with Gasteiger partial charge >= 0.3 is 12.2 Å². The van der Waals surface area contributed by atoms with E-state index in [-0.39, 0.29) is 18.1 Å². The molecule has 0 radical (unpaired) electrons. The van der Waals surface area contributed by atoms with Crippen molar-refractivity contribution >= 4 is 23.8 Å². The summed E-state index contributed by atoms with van der Waals surface area (Å²) in [5.41, 5.74) is 1.97. The predicted octanol–water partition coefficient (Wildman–Crippen LogP) is 1.95. The number of nitrogens with one attached hydrogen (secondary N) is 1. The van der Waals surface area contributed by atoms with Gasteiger partial charge < -0.3 is 19.7 Å². The summed E-state index contributed by atoms with van der Waals surface area (Å²) in [7, 11) is 3.12. The van der Waals surface area contributed by atoms with Crippen LogP contribution in [0.5, 0.6) is 0 Å². The van der Waals surface area contributed by atoms with Crippen LogP contribution >= 0.6 is 0 Å². The third kappa shape index (κ3) is 4.50. The maximum absolute atomic E-state index is 12.1. The van der Waals surface area contributed by atoms with E-state index in [9.17, 15) is 14.4 Å². The second kappa shape index (κ2) is 7.85. The Balaban J connectivity index is 1.55. The van der Waals surface area contributed by atoms with Gasteiger partial charge in [0.05, 0.1) is 20.2 Å². The summed E-state index contributed by atoms with van der Waals surface area (Å²) in [6, 6.07) is 7.87. The van der Waals surface area contributed by atoms with Crippen LogP contribution in [0, 0.1) is 5.92 Å². The van der Waals surface area contributed by atoms with Crippen LogP contribution in [0.1, 0.15) is 24.8 Å². The fourth-order valence-corrected chi connectivity index (χ4v) is 3.44. The first-order chi connectivity index (χ1) is 12.9. The Labute approximate surface area is 158 Å². The number of carbonyl (C=O) groups is 3. The molecule has 1 aliphatic carbocycles. The van der Waals surface area contributed by atoms with Crippen molar-refractivity contribution < 1.29 is 23.9 Å². The first-order valence-corrected chi connectivity index (χ1v) is 9.00. The summed E-state index contributed by atoms with van der Waals surface area (Å²) >= 11 is 0. The molecule has 3 atom stereocenters. The third-order valence-electron chi connectivity index (χ3n) is 5.00. The number of amides is 3. The van der Waals surface area contributed by atoms with Gasteiger partial charge in [-0.1, -0.05) is 12.1 Å². The maximum atomic E-state index is 12.1. The molecule has 0 spiro atoms. The minimum atomic E-state index is -0.401. The number of hydrogen-bond donors (Lipinski definition) is 1. The average Bonchev–Trinajstić information content (AvgIpc) is 3.31. The van der Waals surface area contributed by atoms with Crippen molar-refractivity contribution in [1.82, 2.24) is 10.2 Å². The second-order valence-corrected chi connectivity index (χ2v) is 7.10. The van der Waals surface area contributed by atoms with E-state index in [4.69, 9.17) is 9.47 Å². The normalized spacial score (nSPS) is 23.6. The van der Waals surface area contributed by atoms with E-state index in [1.807, 2.05) is 24.3 Å². The molecule has 8 heteroatoms. The molecule has 0 unspecified atom stereocenters. The Bertz CT molecular complexity index is 721. The van der Waals surface area contributed by atoms with Crippen molar-refractivity contribution in [2.45, 2.75) is 25.4 Å². The van der Waals surface area contributed by atoms with Crippen LogP contribution in [0.2, 0.25) is 0 Å². The summed E-state index contributed by atoms with van der Waals surface area (Å²) < 4.78 is 10.0. The van der Waals surface area contributed by atoms with Gasteiger partial charge in [-0.2, -0.15) is 0 Å². The van der Waals surface area contributed by atoms with Crippen molar-refractivity contribution in [3.63, 3.8) is 0 Å². The van der Waals surface area contributed by atoms with Crippen LogP contribution in [-0.2, 0) is 14.3 Å². The highest BCUT2D eigenvalue weighted by molar-refractivity contribution is 5.89. The molecular formula is C19H25N3O5. The topological polar surface area (TPSA) is 88.2 Å². The summed E-state index contributed by atoms with van der Waals surface area (Å²) in [4.78, 5) is 37.7. The number of nitrogens with zero attached hydrogens (tertiary/aromatic N) is 2. The van der Waals surface area contributed by atoms with E-state index >= 15 is 0 Å². The molecule has 1 aromatic carbocycles. The number of carbonyl (C=O) groups excluding carboxylic acids is 3. The molecule has 2 fully saturated rings. The van der Waals surface area contributed by atoms with E-state index in [0.717, 1.165) is 12.1 Å². The van der Waals surface area contributed by atoms with Crippen molar-refractivity contribution in [2.75, 3.05) is 38.7 Å². The summed E-state index contributed by atoms with van der Waals surface area (Å²) in [5.74, 6) is 0.702. The lowest BCUT2D eigenvalue weighted by Gasteiger charge is -2.15. The number of benzene rings is 1. The quantitative estimate of drug-likeness (QED) is 0.821. The van der Waals surface area contributed by atoms with Gasteiger partial charge in [-0.25, -0.2) is 9.59 Å². The van der Waals surface area contributed by atoms with E-state index < -0.39 is 6.09 Å². The predicted molar refractivity (Wildman–Crippen MR) is 98.6 cm³/mol. The highest BCUT2D eigenvalue weighted by Crippen LogP contribution is 2.48. The molecule has 146 valence electrons. The van der Waals surface area contributed by atoms with Crippen LogP contribution in [0.25, 0.3) is 0 Å². The third-order valence-corrected chi connectivity index (χ3v) is 5.00. The fourth-order valence-electron chi connectivity index (χ4n) is 3.44. The molecule has 1 aromatic rings. The van der Waals surface area contributed by atoms with Crippen molar-refractivity contribution in [3.05, 3.63) is 29.8 Å². The maximum Gasteiger partial charge on any atom is 0.414 e. The number of hydrogen-bond acceptors (Lipinski definition) is 5. The molecule has 27 heavy (non-hydrogen) atoms. The Morgan fingerprint density at radius 1 is 1.33 bits per heavy atom. The largest absolute Gasteiger partial charge is 0.453 e. The summed E-state index contributed by atoms with van der Waals surface area (Å²) in [6.07, 6.45) is -0.0344. The average molecular weight is 375 g/mol. The van der Waals surface area contributed by atoms with Crippen LogP contribution in [-0.4, -0.2) is 62.9 Å². The lowest BCUT2D eigenvalue weighted by atomic mass is 10.1. The van der Waals surface area contributed by atoms with E-state index in [1.54, 1.807) is 16.8 Å². The molecule has 1 N–H and O–H groups in total. The van der Waals surface area contributed by atoms with Crippen molar-refractivity contribution in [3.8, 4) is 0 Å². The number of methoxy groups -OCH3 is 1. The van der Waals surface area contributed by atoms with Gasteiger partial charge in [0.2, 0.25) is 5.91 Å². The zero-order chi connectivity index (χ0) is 19.6. The highest BCUT2D eigenvalue weighted by atomic mass is 16.6. The van der Waals surface area contributed by atoms with E-state index in [1.165, 1.54) is 19.6 Å². The molecule has 1 aliphatic heterocycles. The van der Waals surface area contributed by atoms with Gasteiger partial charge in [-0.3, -0.25) is 9.69 Å². The van der Waals surface area contributed by atoms with Gasteiger partial charge in [0.25, 0.3) is 0 Å². The minimum absolute atomic E-state index is 0.148.